The lowest BCUT2D eigenvalue weighted by molar-refractivity contribution is -0.118. The van der Waals surface area contributed by atoms with E-state index in [1.165, 1.54) is 0 Å². The van der Waals surface area contributed by atoms with Gasteiger partial charge in [-0.15, -0.1) is 0 Å². The van der Waals surface area contributed by atoms with Gasteiger partial charge in [0.1, 0.15) is 5.78 Å². The van der Waals surface area contributed by atoms with Gasteiger partial charge in [-0.25, -0.2) is 0 Å². The van der Waals surface area contributed by atoms with Crippen LogP contribution in [0.3, 0.4) is 0 Å². The molecular weight excluding hydrogens is 352 g/mol. The number of aliphatic hydroxyl groups excluding tert-OH is 1. The van der Waals surface area contributed by atoms with Crippen LogP contribution < -0.4 is 0 Å². The summed E-state index contributed by atoms with van der Waals surface area (Å²) in [5, 5.41) is 10.4. The third kappa shape index (κ3) is 4.61. The van der Waals surface area contributed by atoms with Crippen LogP contribution in [-0.2, 0) is 17.8 Å². The average Bonchev–Trinajstić information content (AvgIpc) is 2.73. The van der Waals surface area contributed by atoms with Gasteiger partial charge in [0.15, 0.2) is 0 Å². The SMILES string of the molecule is CCC(=O)Cc1ccc(CN(CCO)C(=O)c2cccc3cccnc23)cc1. The van der Waals surface area contributed by atoms with Crippen molar-refractivity contribution in [2.24, 2.45) is 0 Å². The Morgan fingerprint density at radius 1 is 1.00 bits per heavy atom. The number of fused-ring (bicyclic) bond motifs is 1. The van der Waals surface area contributed by atoms with E-state index in [1.807, 2.05) is 55.5 Å². The molecule has 3 aromatic rings. The largest absolute Gasteiger partial charge is 0.395 e. The third-order valence-electron chi connectivity index (χ3n) is 4.71. The number of nitrogens with zero attached hydrogens (tertiary/aromatic N) is 2. The van der Waals surface area contributed by atoms with Crippen LogP contribution in [0.25, 0.3) is 10.9 Å². The van der Waals surface area contributed by atoms with Crippen LogP contribution in [0.2, 0.25) is 0 Å². The van der Waals surface area contributed by atoms with E-state index in [4.69, 9.17) is 0 Å². The van der Waals surface area contributed by atoms with Crippen molar-refractivity contribution in [3.8, 4) is 0 Å². The second-order valence-corrected chi connectivity index (χ2v) is 6.72. The van der Waals surface area contributed by atoms with E-state index in [-0.39, 0.29) is 24.8 Å². The molecule has 0 aliphatic heterocycles. The standard InChI is InChI=1S/C23H24N2O3/c1-2-20(27)15-17-8-10-18(11-9-17)16-25(13-14-26)23(28)21-7-3-5-19-6-4-12-24-22(19)21/h3-12,26H,2,13-16H2,1H3. The number of carbonyl (C=O) groups is 2. The fourth-order valence-corrected chi connectivity index (χ4v) is 3.16. The molecule has 0 atom stereocenters. The number of rotatable bonds is 8. The minimum absolute atomic E-state index is 0.118. The van der Waals surface area contributed by atoms with E-state index < -0.39 is 0 Å². The quantitative estimate of drug-likeness (QED) is 0.654. The Morgan fingerprint density at radius 3 is 2.43 bits per heavy atom. The first-order valence-electron chi connectivity index (χ1n) is 9.45. The molecule has 5 nitrogen and oxygen atoms in total. The number of aliphatic hydroxyl groups is 1. The number of para-hydroxylation sites is 1. The van der Waals surface area contributed by atoms with Gasteiger partial charge in [-0.3, -0.25) is 14.6 Å². The average molecular weight is 376 g/mol. The monoisotopic (exact) mass is 376 g/mol. The molecule has 2 aromatic carbocycles. The minimum atomic E-state index is -0.163. The molecule has 5 heteroatoms. The van der Waals surface area contributed by atoms with Crippen LogP contribution in [0.4, 0.5) is 0 Å². The zero-order valence-corrected chi connectivity index (χ0v) is 16.0. The molecule has 1 N–H and O–H groups in total. The molecule has 3 rings (SSSR count). The molecule has 1 heterocycles. The summed E-state index contributed by atoms with van der Waals surface area (Å²) in [6, 6.07) is 17.0. The fourth-order valence-electron chi connectivity index (χ4n) is 3.16. The third-order valence-corrected chi connectivity index (χ3v) is 4.71. The summed E-state index contributed by atoms with van der Waals surface area (Å²) >= 11 is 0. The highest BCUT2D eigenvalue weighted by Gasteiger charge is 2.18. The number of aromatic nitrogens is 1. The second-order valence-electron chi connectivity index (χ2n) is 6.72. The van der Waals surface area contributed by atoms with Crippen molar-refractivity contribution in [1.82, 2.24) is 9.88 Å². The first kappa shape index (κ1) is 19.7. The van der Waals surface area contributed by atoms with Gasteiger partial charge in [-0.2, -0.15) is 0 Å². The van der Waals surface area contributed by atoms with Gasteiger partial charge in [0.25, 0.3) is 5.91 Å². The summed E-state index contributed by atoms with van der Waals surface area (Å²) in [5.74, 6) is 0.0388. The molecule has 0 spiro atoms. The Kier molecular flexibility index (Phi) is 6.50. The van der Waals surface area contributed by atoms with Crippen molar-refractivity contribution in [1.29, 1.82) is 0 Å². The highest BCUT2D eigenvalue weighted by Crippen LogP contribution is 2.19. The first-order valence-corrected chi connectivity index (χ1v) is 9.45. The fraction of sp³-hybridized carbons (Fsp3) is 0.261. The maximum atomic E-state index is 13.1. The van der Waals surface area contributed by atoms with Gasteiger partial charge >= 0.3 is 0 Å². The molecule has 1 amide bonds. The van der Waals surface area contributed by atoms with E-state index in [2.05, 4.69) is 4.98 Å². The number of ketones is 1. The van der Waals surface area contributed by atoms with E-state index in [1.54, 1.807) is 17.2 Å². The molecule has 144 valence electrons. The first-order chi connectivity index (χ1) is 13.6. The van der Waals surface area contributed by atoms with Gasteiger partial charge in [-0.05, 0) is 23.3 Å². The topological polar surface area (TPSA) is 70.5 Å². The van der Waals surface area contributed by atoms with Gasteiger partial charge in [0.05, 0.1) is 17.7 Å². The maximum absolute atomic E-state index is 13.1. The van der Waals surface area contributed by atoms with Crippen LogP contribution >= 0.6 is 0 Å². The number of hydrogen-bond donors (Lipinski definition) is 1. The van der Waals surface area contributed by atoms with Crippen molar-refractivity contribution >= 4 is 22.6 Å². The molecule has 0 bridgehead atoms. The normalized spacial score (nSPS) is 10.8. The highest BCUT2D eigenvalue weighted by atomic mass is 16.3. The van der Waals surface area contributed by atoms with Crippen LogP contribution in [0.1, 0.15) is 34.8 Å². The summed E-state index contributed by atoms with van der Waals surface area (Å²) in [4.78, 5) is 30.7. The summed E-state index contributed by atoms with van der Waals surface area (Å²) < 4.78 is 0. The van der Waals surface area contributed by atoms with E-state index in [0.717, 1.165) is 16.5 Å². The Balaban J connectivity index is 1.81. The molecule has 0 radical (unpaired) electrons. The number of Topliss-reactive ketones (excluding diaryl/α,β-unsaturated/α-hetero) is 1. The lowest BCUT2D eigenvalue weighted by Crippen LogP contribution is -2.33. The van der Waals surface area contributed by atoms with Gasteiger partial charge < -0.3 is 10.0 Å². The molecular formula is C23H24N2O3. The van der Waals surface area contributed by atoms with Crippen molar-refractivity contribution < 1.29 is 14.7 Å². The van der Waals surface area contributed by atoms with E-state index in [9.17, 15) is 14.7 Å². The Hall–Kier alpha value is -3.05. The van der Waals surface area contributed by atoms with Crippen molar-refractivity contribution in [3.05, 3.63) is 77.5 Å². The summed E-state index contributed by atoms with van der Waals surface area (Å²) in [7, 11) is 0. The van der Waals surface area contributed by atoms with Crippen molar-refractivity contribution in [2.45, 2.75) is 26.3 Å². The zero-order chi connectivity index (χ0) is 19.9. The smallest absolute Gasteiger partial charge is 0.256 e. The molecule has 0 saturated carbocycles. The lowest BCUT2D eigenvalue weighted by atomic mass is 10.0. The van der Waals surface area contributed by atoms with Gasteiger partial charge in [0.2, 0.25) is 0 Å². The maximum Gasteiger partial charge on any atom is 0.256 e. The number of hydrogen-bond acceptors (Lipinski definition) is 4. The molecule has 28 heavy (non-hydrogen) atoms. The molecule has 0 aliphatic carbocycles. The number of amides is 1. The molecule has 0 unspecified atom stereocenters. The van der Waals surface area contributed by atoms with E-state index >= 15 is 0 Å². The van der Waals surface area contributed by atoms with Crippen LogP contribution in [0.15, 0.2) is 60.8 Å². The number of pyridine rings is 1. The predicted molar refractivity (Wildman–Crippen MR) is 109 cm³/mol. The number of carbonyl (C=O) groups excluding carboxylic acids is 2. The molecule has 1 aromatic heterocycles. The van der Waals surface area contributed by atoms with Crippen LogP contribution in [-0.4, -0.2) is 39.8 Å². The summed E-state index contributed by atoms with van der Waals surface area (Å²) in [6.45, 7) is 2.35. The predicted octanol–water partition coefficient (Wildman–Crippen LogP) is 3.39. The highest BCUT2D eigenvalue weighted by molar-refractivity contribution is 6.05. The molecule has 0 fully saturated rings. The summed E-state index contributed by atoms with van der Waals surface area (Å²) in [6.07, 6.45) is 2.63. The van der Waals surface area contributed by atoms with Crippen LogP contribution in [0, 0.1) is 0 Å². The minimum Gasteiger partial charge on any atom is -0.395 e. The Labute approximate surface area is 164 Å². The molecule has 0 aliphatic rings. The second kappa shape index (κ2) is 9.24. The lowest BCUT2D eigenvalue weighted by Gasteiger charge is -2.22. The Bertz CT molecular complexity index is 962. The number of benzene rings is 2. The van der Waals surface area contributed by atoms with Gasteiger partial charge in [-0.1, -0.05) is 49.4 Å². The van der Waals surface area contributed by atoms with Crippen LogP contribution in [0.5, 0.6) is 0 Å². The van der Waals surface area contributed by atoms with Crippen molar-refractivity contribution in [2.75, 3.05) is 13.2 Å². The Morgan fingerprint density at radius 2 is 1.71 bits per heavy atom. The molecule has 0 saturated heterocycles. The summed E-state index contributed by atoms with van der Waals surface area (Å²) in [5.41, 5.74) is 3.10. The van der Waals surface area contributed by atoms with E-state index in [0.29, 0.717) is 30.5 Å². The van der Waals surface area contributed by atoms with Gasteiger partial charge in [0, 0.05) is 37.5 Å². The van der Waals surface area contributed by atoms with Crippen molar-refractivity contribution in [3.63, 3.8) is 0 Å². The zero-order valence-electron chi connectivity index (χ0n) is 16.0.